The highest BCUT2D eigenvalue weighted by molar-refractivity contribution is 5.89. The van der Waals surface area contributed by atoms with Crippen LogP contribution in [0.3, 0.4) is 0 Å². The zero-order valence-corrected chi connectivity index (χ0v) is 12.7. The van der Waals surface area contributed by atoms with E-state index in [-0.39, 0.29) is 23.9 Å². The molecular formula is C14H27N3O2. The molecular weight excluding hydrogens is 242 g/mol. The number of nitrogens with one attached hydrogen (secondary N) is 3. The van der Waals surface area contributed by atoms with E-state index < -0.39 is 11.5 Å². The van der Waals surface area contributed by atoms with Gasteiger partial charge in [0, 0.05) is 17.5 Å². The molecule has 1 fully saturated rings. The molecule has 1 aliphatic heterocycles. The zero-order valence-electron chi connectivity index (χ0n) is 12.7. The van der Waals surface area contributed by atoms with Gasteiger partial charge in [0.25, 0.3) is 0 Å². The van der Waals surface area contributed by atoms with Gasteiger partial charge in [0.05, 0.1) is 0 Å². The second-order valence-corrected chi connectivity index (χ2v) is 6.45. The monoisotopic (exact) mass is 269 g/mol. The number of carbonyl (C=O) groups is 2. The van der Waals surface area contributed by atoms with Crippen LogP contribution in [0.25, 0.3) is 0 Å². The molecule has 1 saturated heterocycles. The molecule has 5 nitrogen and oxygen atoms in total. The quantitative estimate of drug-likeness (QED) is 0.709. The van der Waals surface area contributed by atoms with Gasteiger partial charge in [0.2, 0.25) is 11.8 Å². The normalized spacial score (nSPS) is 25.5. The van der Waals surface area contributed by atoms with Crippen molar-refractivity contribution in [2.24, 2.45) is 5.41 Å². The Morgan fingerprint density at radius 2 is 1.95 bits per heavy atom. The SMILES string of the molecule is CC(NC(=O)C(C)(C)C)C(=O)NC1CCCNC1C. The Labute approximate surface area is 115 Å². The molecule has 110 valence electrons. The van der Waals surface area contributed by atoms with Gasteiger partial charge in [-0.25, -0.2) is 0 Å². The Balaban J connectivity index is 2.46. The first kappa shape index (κ1) is 16.0. The van der Waals surface area contributed by atoms with E-state index in [2.05, 4.69) is 22.9 Å². The van der Waals surface area contributed by atoms with Crippen molar-refractivity contribution in [1.29, 1.82) is 0 Å². The molecule has 0 aliphatic carbocycles. The van der Waals surface area contributed by atoms with Crippen LogP contribution in [0.2, 0.25) is 0 Å². The van der Waals surface area contributed by atoms with Gasteiger partial charge >= 0.3 is 0 Å². The average molecular weight is 269 g/mol. The lowest BCUT2D eigenvalue weighted by molar-refractivity contribution is -0.133. The van der Waals surface area contributed by atoms with Crippen molar-refractivity contribution in [1.82, 2.24) is 16.0 Å². The van der Waals surface area contributed by atoms with Gasteiger partial charge in [-0.1, -0.05) is 20.8 Å². The first-order valence-electron chi connectivity index (χ1n) is 7.06. The smallest absolute Gasteiger partial charge is 0.242 e. The Morgan fingerprint density at radius 1 is 1.32 bits per heavy atom. The Bertz CT molecular complexity index is 336. The predicted molar refractivity (Wildman–Crippen MR) is 75.7 cm³/mol. The van der Waals surface area contributed by atoms with E-state index in [9.17, 15) is 9.59 Å². The Hall–Kier alpha value is -1.10. The lowest BCUT2D eigenvalue weighted by Crippen LogP contribution is -2.56. The van der Waals surface area contributed by atoms with Crippen LogP contribution in [-0.2, 0) is 9.59 Å². The molecule has 0 aromatic carbocycles. The summed E-state index contributed by atoms with van der Waals surface area (Å²) in [6, 6.07) is -0.0701. The summed E-state index contributed by atoms with van der Waals surface area (Å²) in [6.07, 6.45) is 2.05. The minimum absolute atomic E-state index is 0.107. The van der Waals surface area contributed by atoms with Crippen molar-refractivity contribution >= 4 is 11.8 Å². The second kappa shape index (κ2) is 6.37. The maximum Gasteiger partial charge on any atom is 0.242 e. The van der Waals surface area contributed by atoms with Crippen LogP contribution in [0.4, 0.5) is 0 Å². The van der Waals surface area contributed by atoms with E-state index in [1.54, 1.807) is 6.92 Å². The molecule has 1 heterocycles. The molecule has 0 bridgehead atoms. The third kappa shape index (κ3) is 4.82. The lowest BCUT2D eigenvalue weighted by atomic mass is 9.95. The standard InChI is InChI=1S/C14H27N3O2/c1-9-11(7-6-8-15-9)17-12(18)10(2)16-13(19)14(3,4)5/h9-11,15H,6-8H2,1-5H3,(H,16,19)(H,17,18). The molecule has 0 aromatic rings. The van der Waals surface area contributed by atoms with Crippen LogP contribution in [0.5, 0.6) is 0 Å². The van der Waals surface area contributed by atoms with Crippen LogP contribution in [0.15, 0.2) is 0 Å². The van der Waals surface area contributed by atoms with E-state index in [1.165, 1.54) is 0 Å². The summed E-state index contributed by atoms with van der Waals surface area (Å²) in [5, 5.41) is 9.10. The average Bonchev–Trinajstić information content (AvgIpc) is 2.30. The minimum atomic E-state index is -0.499. The van der Waals surface area contributed by atoms with E-state index >= 15 is 0 Å². The highest BCUT2D eigenvalue weighted by atomic mass is 16.2. The molecule has 3 unspecified atom stereocenters. The maximum atomic E-state index is 12.1. The van der Waals surface area contributed by atoms with Crippen molar-refractivity contribution in [2.75, 3.05) is 6.54 Å². The summed E-state index contributed by atoms with van der Waals surface area (Å²) in [4.78, 5) is 23.9. The van der Waals surface area contributed by atoms with Gasteiger partial charge in [0.15, 0.2) is 0 Å². The first-order chi connectivity index (χ1) is 8.71. The van der Waals surface area contributed by atoms with Crippen molar-refractivity contribution in [3.8, 4) is 0 Å². The number of carbonyl (C=O) groups excluding carboxylic acids is 2. The molecule has 1 rings (SSSR count). The molecule has 3 atom stereocenters. The lowest BCUT2D eigenvalue weighted by Gasteiger charge is -2.32. The third-order valence-corrected chi connectivity index (χ3v) is 3.51. The summed E-state index contributed by atoms with van der Waals surface area (Å²) in [7, 11) is 0. The topological polar surface area (TPSA) is 70.2 Å². The summed E-state index contributed by atoms with van der Waals surface area (Å²) < 4.78 is 0. The maximum absolute atomic E-state index is 12.1. The van der Waals surface area contributed by atoms with E-state index in [0.717, 1.165) is 19.4 Å². The third-order valence-electron chi connectivity index (χ3n) is 3.51. The fraction of sp³-hybridized carbons (Fsp3) is 0.857. The molecule has 0 aromatic heterocycles. The Morgan fingerprint density at radius 3 is 2.47 bits per heavy atom. The minimum Gasteiger partial charge on any atom is -0.350 e. The summed E-state index contributed by atoms with van der Waals surface area (Å²) in [5.74, 6) is -0.219. The van der Waals surface area contributed by atoms with Gasteiger partial charge in [0.1, 0.15) is 6.04 Å². The van der Waals surface area contributed by atoms with E-state index in [4.69, 9.17) is 0 Å². The number of rotatable bonds is 3. The van der Waals surface area contributed by atoms with Gasteiger partial charge in [-0.3, -0.25) is 9.59 Å². The summed E-state index contributed by atoms with van der Waals surface area (Å²) in [6.45, 7) is 10.3. The predicted octanol–water partition coefficient (Wildman–Crippen LogP) is 0.794. The molecule has 0 spiro atoms. The molecule has 5 heteroatoms. The number of amides is 2. The number of piperidine rings is 1. The number of hydrogen-bond acceptors (Lipinski definition) is 3. The van der Waals surface area contributed by atoms with E-state index in [0.29, 0.717) is 0 Å². The summed E-state index contributed by atoms with van der Waals surface area (Å²) >= 11 is 0. The van der Waals surface area contributed by atoms with Crippen molar-refractivity contribution < 1.29 is 9.59 Å². The molecule has 1 aliphatic rings. The van der Waals surface area contributed by atoms with E-state index in [1.807, 2.05) is 20.8 Å². The molecule has 19 heavy (non-hydrogen) atoms. The zero-order chi connectivity index (χ0) is 14.6. The van der Waals surface area contributed by atoms with Gasteiger partial charge in [-0.2, -0.15) is 0 Å². The highest BCUT2D eigenvalue weighted by Crippen LogP contribution is 2.13. The van der Waals surface area contributed by atoms with Crippen molar-refractivity contribution in [3.63, 3.8) is 0 Å². The van der Waals surface area contributed by atoms with Crippen molar-refractivity contribution in [2.45, 2.75) is 65.6 Å². The first-order valence-corrected chi connectivity index (χ1v) is 7.06. The number of hydrogen-bond donors (Lipinski definition) is 3. The van der Waals surface area contributed by atoms with Crippen LogP contribution < -0.4 is 16.0 Å². The van der Waals surface area contributed by atoms with Gasteiger partial charge < -0.3 is 16.0 Å². The van der Waals surface area contributed by atoms with Crippen LogP contribution >= 0.6 is 0 Å². The molecule has 0 saturated carbocycles. The highest BCUT2D eigenvalue weighted by Gasteiger charge is 2.28. The molecule has 3 N–H and O–H groups in total. The summed E-state index contributed by atoms with van der Waals surface area (Å²) in [5.41, 5.74) is -0.478. The van der Waals surface area contributed by atoms with Crippen LogP contribution in [-0.4, -0.2) is 36.5 Å². The molecule has 2 amide bonds. The van der Waals surface area contributed by atoms with Crippen molar-refractivity contribution in [3.05, 3.63) is 0 Å². The van der Waals surface area contributed by atoms with Crippen LogP contribution in [0, 0.1) is 5.41 Å². The largest absolute Gasteiger partial charge is 0.350 e. The molecule has 0 radical (unpaired) electrons. The van der Waals surface area contributed by atoms with Gasteiger partial charge in [-0.15, -0.1) is 0 Å². The fourth-order valence-corrected chi connectivity index (χ4v) is 2.03. The van der Waals surface area contributed by atoms with Gasteiger partial charge in [-0.05, 0) is 33.2 Å². The second-order valence-electron chi connectivity index (χ2n) is 6.45. The fourth-order valence-electron chi connectivity index (χ4n) is 2.03. The Kier molecular flexibility index (Phi) is 5.35. The van der Waals surface area contributed by atoms with Crippen LogP contribution in [0.1, 0.15) is 47.5 Å².